The largest absolute Gasteiger partial charge is 0.455 e. The number of furan rings is 1. The average molecular weight is 602 g/mol. The summed E-state index contributed by atoms with van der Waals surface area (Å²) in [4.78, 5) is 32.4. The molecule has 3 aliphatic rings. The zero-order valence-corrected chi connectivity index (χ0v) is 25.5. The number of ether oxygens (including phenoxy) is 1. The summed E-state index contributed by atoms with van der Waals surface area (Å²) in [5.41, 5.74) is 2.41. The van der Waals surface area contributed by atoms with Gasteiger partial charge in [0.2, 0.25) is 5.91 Å². The third-order valence-corrected chi connectivity index (χ3v) is 9.47. The van der Waals surface area contributed by atoms with Crippen molar-refractivity contribution in [3.63, 3.8) is 0 Å². The predicted octanol–water partition coefficient (Wildman–Crippen LogP) is 7.14. The summed E-state index contributed by atoms with van der Waals surface area (Å²) >= 11 is 0. The fraction of sp³-hybridized carbons (Fsp3) is 0.500. The normalized spacial score (nSPS) is 19.4. The van der Waals surface area contributed by atoms with Gasteiger partial charge in [-0.05, 0) is 79.1 Å². The number of amides is 2. The molecule has 2 saturated carbocycles. The summed E-state index contributed by atoms with van der Waals surface area (Å²) in [7, 11) is 0. The molecule has 2 aliphatic carbocycles. The van der Waals surface area contributed by atoms with Gasteiger partial charge in [-0.3, -0.25) is 19.4 Å². The molecule has 1 aliphatic heterocycles. The molecular weight excluding hydrogens is 557 g/mol. The van der Waals surface area contributed by atoms with Crippen LogP contribution in [-0.2, 0) is 16.1 Å². The summed E-state index contributed by atoms with van der Waals surface area (Å²) in [6.45, 7) is 3.53. The number of morpholine rings is 1. The molecule has 1 N–H and O–H groups in total. The Hall–Kier alpha value is -3.49. The average Bonchev–Trinajstić information content (AvgIpc) is 3.54. The number of benzene rings is 2. The van der Waals surface area contributed by atoms with Crippen LogP contribution in [0.3, 0.4) is 0 Å². The summed E-state index contributed by atoms with van der Waals surface area (Å²) in [5, 5.41) is 3.24. The molecule has 0 radical (unpaired) electrons. The van der Waals surface area contributed by atoms with Crippen molar-refractivity contribution in [1.82, 2.24) is 10.2 Å². The number of hydrogen-bond donors (Lipinski definition) is 1. The van der Waals surface area contributed by atoms with Crippen LogP contribution in [0.1, 0.15) is 104 Å². The van der Waals surface area contributed by atoms with E-state index in [-0.39, 0.29) is 17.7 Å². The van der Waals surface area contributed by atoms with Gasteiger partial charge in [0, 0.05) is 24.8 Å². The fourth-order valence-electron chi connectivity index (χ4n) is 6.99. The third kappa shape index (κ3) is 7.41. The number of carbonyl (C=O) groups is 2. The van der Waals surface area contributed by atoms with E-state index in [4.69, 9.17) is 9.15 Å². The molecule has 1 aromatic heterocycles. The number of rotatable bonds is 9. The second-order valence-corrected chi connectivity index (χ2v) is 12.6. The van der Waals surface area contributed by atoms with Gasteiger partial charge in [0.05, 0.1) is 19.8 Å². The van der Waals surface area contributed by atoms with Crippen molar-refractivity contribution >= 4 is 17.5 Å². The molecular formula is C36H44FN3O4. The lowest BCUT2D eigenvalue weighted by atomic mass is 9.84. The molecule has 2 aromatic carbocycles. The van der Waals surface area contributed by atoms with Crippen molar-refractivity contribution in [2.24, 2.45) is 0 Å². The van der Waals surface area contributed by atoms with Crippen LogP contribution >= 0.6 is 0 Å². The Morgan fingerprint density at radius 2 is 1.50 bits per heavy atom. The van der Waals surface area contributed by atoms with E-state index in [0.717, 1.165) is 45.2 Å². The molecule has 1 atom stereocenters. The topological polar surface area (TPSA) is 75.0 Å². The first-order valence-electron chi connectivity index (χ1n) is 16.4. The number of hydrogen-bond acceptors (Lipinski definition) is 5. The minimum absolute atomic E-state index is 0.0496. The molecule has 1 saturated heterocycles. The number of anilines is 1. The van der Waals surface area contributed by atoms with E-state index in [1.807, 2.05) is 18.2 Å². The molecule has 6 rings (SSSR count). The Morgan fingerprint density at radius 3 is 2.18 bits per heavy atom. The lowest BCUT2D eigenvalue weighted by molar-refractivity contribution is -0.123. The lowest BCUT2D eigenvalue weighted by Crippen LogP contribution is -2.47. The minimum atomic E-state index is -1.00. The van der Waals surface area contributed by atoms with Crippen LogP contribution in [0.5, 0.6) is 0 Å². The number of carbonyl (C=O) groups excluding carboxylic acids is 2. The van der Waals surface area contributed by atoms with E-state index in [2.05, 4.69) is 22.3 Å². The Labute approximate surface area is 259 Å². The Bertz CT molecular complexity index is 1370. The van der Waals surface area contributed by atoms with Gasteiger partial charge < -0.3 is 14.5 Å². The van der Waals surface area contributed by atoms with E-state index in [0.29, 0.717) is 42.7 Å². The first-order valence-corrected chi connectivity index (χ1v) is 16.4. The molecule has 0 spiro atoms. The zero-order valence-electron chi connectivity index (χ0n) is 25.5. The van der Waals surface area contributed by atoms with Crippen molar-refractivity contribution in [1.29, 1.82) is 0 Å². The predicted molar refractivity (Wildman–Crippen MR) is 168 cm³/mol. The van der Waals surface area contributed by atoms with Crippen LogP contribution in [-0.4, -0.2) is 49.1 Å². The summed E-state index contributed by atoms with van der Waals surface area (Å²) in [5.74, 6) is 0.297. The molecule has 3 aromatic rings. The Kier molecular flexibility index (Phi) is 10.1. The first-order chi connectivity index (χ1) is 21.5. The SMILES string of the molecule is O=C(NC1CCCCC1)[C@@H](c1ccc(F)cc1)N(C(=O)c1ccc(CN2CCOCC2)o1)c1ccc(C2CCCCC2)cc1. The van der Waals surface area contributed by atoms with E-state index in [1.54, 1.807) is 18.2 Å². The van der Waals surface area contributed by atoms with Gasteiger partial charge in [0.1, 0.15) is 17.6 Å². The van der Waals surface area contributed by atoms with Crippen molar-refractivity contribution < 1.29 is 23.1 Å². The number of nitrogens with zero attached hydrogens (tertiary/aromatic N) is 2. The maximum absolute atomic E-state index is 14.5. The standard InChI is InChI=1S/C36H44FN3O4/c37-29-15-11-28(12-16-29)34(35(41)38-30-9-5-2-6-10-30)40(31-17-13-27(14-18-31)26-7-3-1-4-8-26)36(42)33-20-19-32(44-33)25-39-21-23-43-24-22-39/h11-20,26,30,34H,1-10,21-25H2,(H,38,41)/t34-/m1/s1. The van der Waals surface area contributed by atoms with Crippen molar-refractivity contribution in [3.05, 3.63) is 89.1 Å². The molecule has 0 bridgehead atoms. The van der Waals surface area contributed by atoms with Gasteiger partial charge >= 0.3 is 0 Å². The second-order valence-electron chi connectivity index (χ2n) is 12.6. The van der Waals surface area contributed by atoms with Gasteiger partial charge in [-0.1, -0.05) is 62.8 Å². The van der Waals surface area contributed by atoms with Crippen LogP contribution in [0.25, 0.3) is 0 Å². The number of halogens is 1. The Balaban J connectivity index is 1.35. The second kappa shape index (κ2) is 14.5. The van der Waals surface area contributed by atoms with E-state index < -0.39 is 17.8 Å². The van der Waals surface area contributed by atoms with Gasteiger partial charge in [-0.2, -0.15) is 0 Å². The summed E-state index contributed by atoms with van der Waals surface area (Å²) in [6, 6.07) is 16.6. The van der Waals surface area contributed by atoms with E-state index in [9.17, 15) is 14.0 Å². The van der Waals surface area contributed by atoms with Gasteiger partial charge in [0.15, 0.2) is 5.76 Å². The van der Waals surface area contributed by atoms with Crippen molar-refractivity contribution in [2.75, 3.05) is 31.2 Å². The van der Waals surface area contributed by atoms with Crippen LogP contribution < -0.4 is 10.2 Å². The molecule has 234 valence electrons. The lowest BCUT2D eigenvalue weighted by Gasteiger charge is -2.33. The molecule has 7 nitrogen and oxygen atoms in total. The van der Waals surface area contributed by atoms with E-state index in [1.165, 1.54) is 54.7 Å². The highest BCUT2D eigenvalue weighted by atomic mass is 19.1. The van der Waals surface area contributed by atoms with Crippen LogP contribution in [0.15, 0.2) is 65.1 Å². The smallest absolute Gasteiger partial charge is 0.294 e. The van der Waals surface area contributed by atoms with E-state index >= 15 is 0 Å². The highest BCUT2D eigenvalue weighted by Gasteiger charge is 2.36. The molecule has 0 unspecified atom stereocenters. The highest BCUT2D eigenvalue weighted by molar-refractivity contribution is 6.08. The van der Waals surface area contributed by atoms with Crippen LogP contribution in [0, 0.1) is 5.82 Å². The number of nitrogens with one attached hydrogen (secondary N) is 1. The van der Waals surface area contributed by atoms with Gasteiger partial charge in [-0.15, -0.1) is 0 Å². The molecule has 8 heteroatoms. The fourth-order valence-corrected chi connectivity index (χ4v) is 6.99. The van der Waals surface area contributed by atoms with Crippen molar-refractivity contribution in [3.8, 4) is 0 Å². The van der Waals surface area contributed by atoms with Crippen LogP contribution in [0.2, 0.25) is 0 Å². The zero-order chi connectivity index (χ0) is 30.3. The monoisotopic (exact) mass is 601 g/mol. The maximum Gasteiger partial charge on any atom is 0.294 e. The van der Waals surface area contributed by atoms with Gasteiger partial charge in [0.25, 0.3) is 5.91 Å². The summed E-state index contributed by atoms with van der Waals surface area (Å²) in [6.07, 6.45) is 11.2. The first kappa shape index (κ1) is 30.5. The third-order valence-electron chi connectivity index (χ3n) is 9.47. The summed E-state index contributed by atoms with van der Waals surface area (Å²) < 4.78 is 25.7. The quantitative estimate of drug-likeness (QED) is 0.282. The molecule has 44 heavy (non-hydrogen) atoms. The molecule has 2 heterocycles. The highest BCUT2D eigenvalue weighted by Crippen LogP contribution is 2.36. The molecule has 2 amide bonds. The van der Waals surface area contributed by atoms with Crippen molar-refractivity contribution in [2.45, 2.75) is 88.8 Å². The maximum atomic E-state index is 14.5. The van der Waals surface area contributed by atoms with Crippen LogP contribution in [0.4, 0.5) is 10.1 Å². The molecule has 3 fully saturated rings. The van der Waals surface area contributed by atoms with Gasteiger partial charge in [-0.25, -0.2) is 4.39 Å². The Morgan fingerprint density at radius 1 is 0.841 bits per heavy atom. The minimum Gasteiger partial charge on any atom is -0.455 e.